The zero-order valence-corrected chi connectivity index (χ0v) is 44.8. The predicted octanol–water partition coefficient (Wildman–Crippen LogP) is 19.1. The van der Waals surface area contributed by atoms with Gasteiger partial charge in [0.25, 0.3) is 0 Å². The molecule has 392 valence electrons. The summed E-state index contributed by atoms with van der Waals surface area (Å²) in [7, 11) is 0. The van der Waals surface area contributed by atoms with Crippen LogP contribution in [0.3, 0.4) is 0 Å². The zero-order chi connectivity index (χ0) is 50.0. The molecular formula is C63H104O6. The molecule has 0 aliphatic rings. The Labute approximate surface area is 425 Å². The number of hydrogen-bond acceptors (Lipinski definition) is 6. The second-order valence-corrected chi connectivity index (χ2v) is 18.4. The molecular weight excluding hydrogens is 853 g/mol. The monoisotopic (exact) mass is 957 g/mol. The second-order valence-electron chi connectivity index (χ2n) is 18.4. The molecule has 1 atom stereocenters. The van der Waals surface area contributed by atoms with E-state index in [1.807, 2.05) is 6.08 Å². The Morgan fingerprint density at radius 1 is 0.304 bits per heavy atom. The van der Waals surface area contributed by atoms with Crippen LogP contribution in [-0.2, 0) is 28.6 Å². The van der Waals surface area contributed by atoms with Crippen LogP contribution in [0.5, 0.6) is 0 Å². The molecule has 6 nitrogen and oxygen atoms in total. The van der Waals surface area contributed by atoms with Gasteiger partial charge in [-0.25, -0.2) is 0 Å². The summed E-state index contributed by atoms with van der Waals surface area (Å²) in [6.45, 7) is 6.34. The fourth-order valence-electron chi connectivity index (χ4n) is 7.60. The van der Waals surface area contributed by atoms with E-state index in [1.165, 1.54) is 89.9 Å². The van der Waals surface area contributed by atoms with Gasteiger partial charge in [-0.1, -0.05) is 252 Å². The highest BCUT2D eigenvalue weighted by Gasteiger charge is 2.19. The van der Waals surface area contributed by atoms with Gasteiger partial charge in [0, 0.05) is 19.3 Å². The van der Waals surface area contributed by atoms with E-state index in [1.54, 1.807) is 0 Å². The third-order valence-electron chi connectivity index (χ3n) is 11.8. The maximum absolute atomic E-state index is 12.9. The smallest absolute Gasteiger partial charge is 0.306 e. The molecule has 0 heterocycles. The normalized spacial score (nSPS) is 12.9. The molecule has 0 bridgehead atoms. The van der Waals surface area contributed by atoms with Crippen LogP contribution in [0, 0.1) is 0 Å². The lowest BCUT2D eigenvalue weighted by Crippen LogP contribution is -2.30. The minimum Gasteiger partial charge on any atom is -0.462 e. The Morgan fingerprint density at radius 3 is 0.971 bits per heavy atom. The van der Waals surface area contributed by atoms with Gasteiger partial charge < -0.3 is 14.2 Å². The van der Waals surface area contributed by atoms with Gasteiger partial charge in [-0.15, -0.1) is 0 Å². The molecule has 0 amide bonds. The van der Waals surface area contributed by atoms with E-state index in [4.69, 9.17) is 14.2 Å². The standard InChI is InChI=1S/C63H104O6/c1-4-7-10-13-16-19-22-25-28-30-31-33-35-38-41-44-47-50-53-56-62(65)68-59-60(58-67-61(64)55-52-49-46-43-40-37-34-27-24-21-18-15-12-9-6-3)69-63(66)57-54-51-48-45-42-39-36-32-29-26-23-20-17-14-11-8-5-2/h7,9-10,12,16,18-19,21,25,27-28,31,33-34,38,41,47,50,60H,4-6,8,11,13-15,17,20,22-24,26,29-30,32,35-37,39-40,42-46,48-49,51-59H2,1-3H3/b10-7-,12-9-,19-16-,21-18-,28-25-,33-31-,34-27-,41-38-,50-47-/t60-/m0/s1. The molecule has 0 aromatic carbocycles. The lowest BCUT2D eigenvalue weighted by atomic mass is 10.0. The number of hydrogen-bond donors (Lipinski definition) is 0. The maximum atomic E-state index is 12.9. The topological polar surface area (TPSA) is 78.9 Å². The molecule has 0 rings (SSSR count). The summed E-state index contributed by atoms with van der Waals surface area (Å²) >= 11 is 0. The van der Waals surface area contributed by atoms with Crippen LogP contribution in [0.1, 0.15) is 252 Å². The average molecular weight is 958 g/mol. The van der Waals surface area contributed by atoms with Crippen molar-refractivity contribution < 1.29 is 28.6 Å². The van der Waals surface area contributed by atoms with Crippen LogP contribution in [0.2, 0.25) is 0 Å². The van der Waals surface area contributed by atoms with Crippen molar-refractivity contribution in [3.05, 3.63) is 109 Å². The molecule has 6 heteroatoms. The Bertz CT molecular complexity index is 1420. The van der Waals surface area contributed by atoms with E-state index in [-0.39, 0.29) is 37.5 Å². The number of rotatable bonds is 50. The van der Waals surface area contributed by atoms with Crippen molar-refractivity contribution in [1.82, 2.24) is 0 Å². The summed E-state index contributed by atoms with van der Waals surface area (Å²) in [4.78, 5) is 38.1. The first-order chi connectivity index (χ1) is 34.0. The Balaban J connectivity index is 4.52. The summed E-state index contributed by atoms with van der Waals surface area (Å²) < 4.78 is 16.8. The molecule has 0 unspecified atom stereocenters. The van der Waals surface area contributed by atoms with Crippen LogP contribution < -0.4 is 0 Å². The van der Waals surface area contributed by atoms with Gasteiger partial charge in [0.15, 0.2) is 6.10 Å². The summed E-state index contributed by atoms with van der Waals surface area (Å²) in [5.41, 5.74) is 0. The number of carbonyl (C=O) groups excluding carboxylic acids is 3. The number of unbranched alkanes of at least 4 members (excludes halogenated alkanes) is 21. The third-order valence-corrected chi connectivity index (χ3v) is 11.8. The number of allylic oxidation sites excluding steroid dienone is 18. The fraction of sp³-hybridized carbons (Fsp3) is 0.667. The van der Waals surface area contributed by atoms with Crippen LogP contribution in [0.15, 0.2) is 109 Å². The number of carbonyl (C=O) groups is 3. The second kappa shape index (κ2) is 56.7. The van der Waals surface area contributed by atoms with Crippen molar-refractivity contribution in [3.8, 4) is 0 Å². The van der Waals surface area contributed by atoms with Crippen LogP contribution in [-0.4, -0.2) is 37.2 Å². The van der Waals surface area contributed by atoms with E-state index in [0.717, 1.165) is 116 Å². The molecule has 0 saturated heterocycles. The van der Waals surface area contributed by atoms with Crippen LogP contribution in [0.25, 0.3) is 0 Å². The summed E-state index contributed by atoms with van der Waals surface area (Å²) in [6, 6.07) is 0. The van der Waals surface area contributed by atoms with E-state index >= 15 is 0 Å². The molecule has 0 aliphatic heterocycles. The first-order valence-corrected chi connectivity index (χ1v) is 28.4. The molecule has 69 heavy (non-hydrogen) atoms. The number of ether oxygens (including phenoxy) is 3. The molecule has 0 spiro atoms. The molecule has 0 fully saturated rings. The van der Waals surface area contributed by atoms with E-state index in [9.17, 15) is 14.4 Å². The first kappa shape index (κ1) is 65.1. The molecule has 0 saturated carbocycles. The Morgan fingerprint density at radius 2 is 0.594 bits per heavy atom. The van der Waals surface area contributed by atoms with E-state index < -0.39 is 6.10 Å². The van der Waals surface area contributed by atoms with Crippen molar-refractivity contribution in [2.45, 2.75) is 258 Å². The fourth-order valence-corrected chi connectivity index (χ4v) is 7.60. The minimum absolute atomic E-state index is 0.110. The highest BCUT2D eigenvalue weighted by atomic mass is 16.6. The Kier molecular flexibility index (Phi) is 53.4. The summed E-state index contributed by atoms with van der Waals surface area (Å²) in [6.07, 6.45) is 76.6. The van der Waals surface area contributed by atoms with Crippen molar-refractivity contribution in [3.63, 3.8) is 0 Å². The van der Waals surface area contributed by atoms with Crippen LogP contribution in [0.4, 0.5) is 0 Å². The Hall–Kier alpha value is -3.93. The molecule has 0 radical (unpaired) electrons. The largest absolute Gasteiger partial charge is 0.462 e. The molecule has 0 aliphatic carbocycles. The minimum atomic E-state index is -0.816. The van der Waals surface area contributed by atoms with Gasteiger partial charge in [0.1, 0.15) is 13.2 Å². The summed E-state index contributed by atoms with van der Waals surface area (Å²) in [5, 5.41) is 0. The third kappa shape index (κ3) is 54.9. The van der Waals surface area contributed by atoms with Crippen molar-refractivity contribution >= 4 is 17.9 Å². The lowest BCUT2D eigenvalue weighted by Gasteiger charge is -2.18. The first-order valence-electron chi connectivity index (χ1n) is 28.4. The van der Waals surface area contributed by atoms with Gasteiger partial charge in [0.2, 0.25) is 0 Å². The van der Waals surface area contributed by atoms with E-state index in [0.29, 0.717) is 19.3 Å². The van der Waals surface area contributed by atoms with Gasteiger partial charge in [0.05, 0.1) is 0 Å². The van der Waals surface area contributed by atoms with Crippen molar-refractivity contribution in [2.75, 3.05) is 13.2 Å². The quantitative estimate of drug-likeness (QED) is 0.0262. The molecule has 0 aromatic heterocycles. The van der Waals surface area contributed by atoms with Gasteiger partial charge in [-0.05, 0) is 89.9 Å². The molecule has 0 N–H and O–H groups in total. The van der Waals surface area contributed by atoms with Gasteiger partial charge in [-0.3, -0.25) is 14.4 Å². The van der Waals surface area contributed by atoms with Gasteiger partial charge in [-0.2, -0.15) is 0 Å². The predicted molar refractivity (Wildman–Crippen MR) is 297 cm³/mol. The van der Waals surface area contributed by atoms with Crippen LogP contribution >= 0.6 is 0 Å². The highest BCUT2D eigenvalue weighted by molar-refractivity contribution is 5.71. The average Bonchev–Trinajstić information content (AvgIpc) is 3.35. The van der Waals surface area contributed by atoms with Gasteiger partial charge >= 0.3 is 17.9 Å². The lowest BCUT2D eigenvalue weighted by molar-refractivity contribution is -0.166. The SMILES string of the molecule is CC/C=C\C/C=C\C/C=C\C/C=C\C/C=C\C/C=C\CCC(=O)OC[C@H](COC(=O)CCCCCCC/C=C\C/C=C\C/C=C\CC)OC(=O)CCCCCCCCCCCCCCCCCCC. The van der Waals surface area contributed by atoms with E-state index in [2.05, 4.69) is 124 Å². The van der Waals surface area contributed by atoms with Crippen molar-refractivity contribution in [2.24, 2.45) is 0 Å². The highest BCUT2D eigenvalue weighted by Crippen LogP contribution is 2.15. The van der Waals surface area contributed by atoms with Crippen molar-refractivity contribution in [1.29, 1.82) is 0 Å². The maximum Gasteiger partial charge on any atom is 0.306 e. The molecule has 0 aromatic rings. The zero-order valence-electron chi connectivity index (χ0n) is 44.8. The summed E-state index contributed by atoms with van der Waals surface area (Å²) in [5.74, 6) is -1.01. The number of esters is 3.